The highest BCUT2D eigenvalue weighted by molar-refractivity contribution is 7.17. The monoisotopic (exact) mass is 231 g/mol. The van der Waals surface area contributed by atoms with Gasteiger partial charge in [0.15, 0.2) is 0 Å². The van der Waals surface area contributed by atoms with Crippen molar-refractivity contribution in [3.8, 4) is 0 Å². The number of rotatable bonds is 1. The molecule has 2 aromatic rings. The van der Waals surface area contributed by atoms with Crippen molar-refractivity contribution >= 4 is 21.4 Å². The summed E-state index contributed by atoms with van der Waals surface area (Å²) in [4.78, 5) is 0. The Morgan fingerprint density at radius 1 is 1.27 bits per heavy atom. The Morgan fingerprint density at radius 3 is 2.60 bits per heavy atom. The largest absolute Gasteiger partial charge is 0.416 e. The molecule has 0 aliphatic carbocycles. The van der Waals surface area contributed by atoms with Crippen molar-refractivity contribution in [2.45, 2.75) is 12.7 Å². The van der Waals surface area contributed by atoms with Crippen LogP contribution in [0.5, 0.6) is 0 Å². The van der Waals surface area contributed by atoms with E-state index in [0.29, 0.717) is 11.2 Å². The smallest absolute Gasteiger partial charge is 0.326 e. The Hall–Kier alpha value is -1.07. The summed E-state index contributed by atoms with van der Waals surface area (Å²) < 4.78 is 37.8. The SMILES string of the molecule is NCc1csc2cc(C(F)(F)F)ccc12. The Bertz CT molecular complexity index is 487. The van der Waals surface area contributed by atoms with E-state index in [0.717, 1.165) is 17.0 Å². The highest BCUT2D eigenvalue weighted by Crippen LogP contribution is 2.34. The maximum atomic E-state index is 12.4. The summed E-state index contributed by atoms with van der Waals surface area (Å²) in [6.45, 7) is 0.353. The molecule has 0 radical (unpaired) electrons. The minimum absolute atomic E-state index is 0.353. The van der Waals surface area contributed by atoms with Crippen LogP contribution in [0.15, 0.2) is 23.6 Å². The zero-order valence-electron chi connectivity index (χ0n) is 7.64. The number of hydrogen-bond acceptors (Lipinski definition) is 2. The fourth-order valence-corrected chi connectivity index (χ4v) is 2.43. The van der Waals surface area contributed by atoms with Gasteiger partial charge in [-0.25, -0.2) is 0 Å². The maximum Gasteiger partial charge on any atom is 0.416 e. The van der Waals surface area contributed by atoms with Crippen molar-refractivity contribution in [3.63, 3.8) is 0 Å². The zero-order chi connectivity index (χ0) is 11.1. The van der Waals surface area contributed by atoms with Gasteiger partial charge in [-0.05, 0) is 28.5 Å². The zero-order valence-corrected chi connectivity index (χ0v) is 8.45. The quantitative estimate of drug-likeness (QED) is 0.800. The van der Waals surface area contributed by atoms with E-state index in [9.17, 15) is 13.2 Å². The molecule has 0 bridgehead atoms. The van der Waals surface area contributed by atoms with Crippen LogP contribution in [0, 0.1) is 0 Å². The summed E-state index contributed by atoms with van der Waals surface area (Å²) in [7, 11) is 0. The summed E-state index contributed by atoms with van der Waals surface area (Å²) >= 11 is 1.29. The summed E-state index contributed by atoms with van der Waals surface area (Å²) in [5.74, 6) is 0. The Kier molecular flexibility index (Phi) is 2.44. The van der Waals surface area contributed by atoms with Gasteiger partial charge < -0.3 is 5.73 Å². The molecule has 1 heterocycles. The first-order valence-electron chi connectivity index (χ1n) is 4.30. The number of alkyl halides is 3. The van der Waals surface area contributed by atoms with Crippen molar-refractivity contribution in [1.82, 2.24) is 0 Å². The predicted octanol–water partition coefficient (Wildman–Crippen LogP) is 3.38. The highest BCUT2D eigenvalue weighted by Gasteiger charge is 2.30. The molecular weight excluding hydrogens is 223 g/mol. The first-order chi connectivity index (χ1) is 7.02. The van der Waals surface area contributed by atoms with Gasteiger partial charge in [0, 0.05) is 11.2 Å². The number of halogens is 3. The highest BCUT2D eigenvalue weighted by atomic mass is 32.1. The first kappa shape index (κ1) is 10.4. The van der Waals surface area contributed by atoms with Crippen LogP contribution in [0.25, 0.3) is 10.1 Å². The summed E-state index contributed by atoms with van der Waals surface area (Å²) in [5, 5.41) is 2.61. The molecule has 2 rings (SSSR count). The second kappa shape index (κ2) is 3.50. The molecule has 1 aromatic carbocycles. The van der Waals surface area contributed by atoms with Crippen molar-refractivity contribution in [2.24, 2.45) is 5.73 Å². The number of thiophene rings is 1. The van der Waals surface area contributed by atoms with Gasteiger partial charge >= 0.3 is 6.18 Å². The molecular formula is C10H8F3NS. The third-order valence-electron chi connectivity index (χ3n) is 2.20. The maximum absolute atomic E-state index is 12.4. The van der Waals surface area contributed by atoms with Gasteiger partial charge in [-0.1, -0.05) is 6.07 Å². The lowest BCUT2D eigenvalue weighted by Gasteiger charge is -2.06. The van der Waals surface area contributed by atoms with E-state index in [1.807, 2.05) is 0 Å². The van der Waals surface area contributed by atoms with E-state index in [2.05, 4.69) is 0 Å². The minimum atomic E-state index is -4.28. The molecule has 0 fully saturated rings. The summed E-state index contributed by atoms with van der Waals surface area (Å²) in [6.07, 6.45) is -4.28. The molecule has 80 valence electrons. The molecule has 1 aromatic heterocycles. The Morgan fingerprint density at radius 2 is 2.00 bits per heavy atom. The molecule has 0 amide bonds. The molecule has 0 spiro atoms. The van der Waals surface area contributed by atoms with E-state index in [1.54, 1.807) is 5.38 Å². The van der Waals surface area contributed by atoms with Crippen LogP contribution in [0.4, 0.5) is 13.2 Å². The van der Waals surface area contributed by atoms with E-state index in [1.165, 1.54) is 23.5 Å². The summed E-state index contributed by atoms with van der Waals surface area (Å²) in [5.41, 5.74) is 5.75. The molecule has 0 unspecified atom stereocenters. The second-order valence-electron chi connectivity index (χ2n) is 3.17. The molecule has 0 saturated heterocycles. The van der Waals surface area contributed by atoms with Gasteiger partial charge in [0.05, 0.1) is 5.56 Å². The number of benzene rings is 1. The van der Waals surface area contributed by atoms with Gasteiger partial charge in [-0.2, -0.15) is 13.2 Å². The molecule has 5 heteroatoms. The normalized spacial score (nSPS) is 12.3. The molecule has 2 N–H and O–H groups in total. The number of nitrogens with two attached hydrogens (primary N) is 1. The topological polar surface area (TPSA) is 26.0 Å². The molecule has 0 atom stereocenters. The second-order valence-corrected chi connectivity index (χ2v) is 4.08. The van der Waals surface area contributed by atoms with Crippen molar-refractivity contribution in [1.29, 1.82) is 0 Å². The van der Waals surface area contributed by atoms with Gasteiger partial charge in [0.1, 0.15) is 0 Å². The van der Waals surface area contributed by atoms with Gasteiger partial charge in [0.25, 0.3) is 0 Å². The van der Waals surface area contributed by atoms with Crippen LogP contribution < -0.4 is 5.73 Å². The fourth-order valence-electron chi connectivity index (χ4n) is 1.42. The number of hydrogen-bond donors (Lipinski definition) is 1. The van der Waals surface area contributed by atoms with Crippen LogP contribution in [-0.4, -0.2) is 0 Å². The lowest BCUT2D eigenvalue weighted by atomic mass is 10.1. The van der Waals surface area contributed by atoms with Crippen LogP contribution in [-0.2, 0) is 12.7 Å². The Balaban J connectivity index is 2.58. The van der Waals surface area contributed by atoms with E-state index in [-0.39, 0.29) is 0 Å². The fraction of sp³-hybridized carbons (Fsp3) is 0.200. The summed E-state index contributed by atoms with van der Waals surface area (Å²) in [6, 6.07) is 3.74. The van der Waals surface area contributed by atoms with Gasteiger partial charge in [-0.3, -0.25) is 0 Å². The Labute approximate surface area is 88.3 Å². The average molecular weight is 231 g/mol. The lowest BCUT2D eigenvalue weighted by molar-refractivity contribution is -0.137. The van der Waals surface area contributed by atoms with E-state index >= 15 is 0 Å². The molecule has 0 aliphatic heterocycles. The third-order valence-corrected chi connectivity index (χ3v) is 3.20. The van der Waals surface area contributed by atoms with Gasteiger partial charge in [-0.15, -0.1) is 11.3 Å². The van der Waals surface area contributed by atoms with Crippen LogP contribution >= 0.6 is 11.3 Å². The molecule has 1 nitrogen and oxygen atoms in total. The van der Waals surface area contributed by atoms with Crippen LogP contribution in [0.1, 0.15) is 11.1 Å². The van der Waals surface area contributed by atoms with Crippen molar-refractivity contribution < 1.29 is 13.2 Å². The first-order valence-corrected chi connectivity index (χ1v) is 5.17. The van der Waals surface area contributed by atoms with Gasteiger partial charge in [0.2, 0.25) is 0 Å². The predicted molar refractivity (Wildman–Crippen MR) is 54.7 cm³/mol. The molecule has 0 aliphatic rings. The van der Waals surface area contributed by atoms with E-state index < -0.39 is 11.7 Å². The molecule has 0 saturated carbocycles. The van der Waals surface area contributed by atoms with Crippen LogP contribution in [0.2, 0.25) is 0 Å². The standard InChI is InChI=1S/C10H8F3NS/c11-10(12,13)7-1-2-8-6(4-14)5-15-9(8)3-7/h1-3,5H,4,14H2. The van der Waals surface area contributed by atoms with E-state index in [4.69, 9.17) is 5.73 Å². The van der Waals surface area contributed by atoms with Crippen molar-refractivity contribution in [3.05, 3.63) is 34.7 Å². The minimum Gasteiger partial charge on any atom is -0.326 e. The average Bonchev–Trinajstić information content (AvgIpc) is 2.58. The van der Waals surface area contributed by atoms with Crippen molar-refractivity contribution in [2.75, 3.05) is 0 Å². The number of fused-ring (bicyclic) bond motifs is 1. The molecule has 15 heavy (non-hydrogen) atoms. The lowest BCUT2D eigenvalue weighted by Crippen LogP contribution is -2.04. The third kappa shape index (κ3) is 1.85. The van der Waals surface area contributed by atoms with Crippen LogP contribution in [0.3, 0.4) is 0 Å².